The Balaban J connectivity index is 2.98. The zero-order valence-electron chi connectivity index (χ0n) is 11.5. The fourth-order valence-electron chi connectivity index (χ4n) is 1.54. The first-order valence-electron chi connectivity index (χ1n) is 5.97. The van der Waals surface area contributed by atoms with Crippen LogP contribution in [0.5, 0.6) is 0 Å². The van der Waals surface area contributed by atoms with Crippen LogP contribution in [-0.2, 0) is 14.8 Å². The zero-order valence-corrected chi connectivity index (χ0v) is 13.9. The van der Waals surface area contributed by atoms with Crippen LogP contribution < -0.4 is 10.5 Å². The molecule has 0 atom stereocenters. The molecule has 1 rings (SSSR count). The van der Waals surface area contributed by atoms with Gasteiger partial charge in [0.25, 0.3) is 0 Å². The predicted molar refractivity (Wildman–Crippen MR) is 79.4 cm³/mol. The molecule has 1 aromatic carbocycles. The van der Waals surface area contributed by atoms with Gasteiger partial charge in [-0.1, -0.05) is 0 Å². The topological polar surface area (TPSA) is 81.4 Å². The molecule has 0 amide bonds. The average molecular weight is 369 g/mol. The van der Waals surface area contributed by atoms with Crippen molar-refractivity contribution in [3.8, 4) is 0 Å². The van der Waals surface area contributed by atoms with Crippen LogP contribution in [0.3, 0.4) is 0 Å². The number of nitrogens with one attached hydrogen (secondary N) is 1. The molecular weight excluding hydrogens is 351 g/mol. The van der Waals surface area contributed by atoms with Crippen molar-refractivity contribution in [1.29, 1.82) is 0 Å². The van der Waals surface area contributed by atoms with Gasteiger partial charge in [0, 0.05) is 23.3 Å². The smallest absolute Gasteiger partial charge is 0.243 e. The van der Waals surface area contributed by atoms with E-state index in [2.05, 4.69) is 20.7 Å². The van der Waals surface area contributed by atoms with Crippen molar-refractivity contribution in [2.45, 2.75) is 31.3 Å². The highest BCUT2D eigenvalue weighted by Crippen LogP contribution is 2.26. The molecule has 0 aliphatic rings. The molecule has 0 unspecified atom stereocenters. The van der Waals surface area contributed by atoms with Gasteiger partial charge < -0.3 is 10.5 Å². The van der Waals surface area contributed by atoms with E-state index in [1.165, 1.54) is 0 Å². The lowest BCUT2D eigenvalue weighted by atomic mass is 10.1. The molecule has 0 fully saturated rings. The molecule has 0 spiro atoms. The molecular formula is C12H18BrFN2O3S. The van der Waals surface area contributed by atoms with Gasteiger partial charge in [0.05, 0.1) is 5.60 Å². The monoisotopic (exact) mass is 368 g/mol. The van der Waals surface area contributed by atoms with E-state index in [9.17, 15) is 12.8 Å². The third-order valence-corrected chi connectivity index (χ3v) is 4.67. The standard InChI is InChI=1S/C12H18BrFN2O3S/c1-4-19-12(2,3)7-16-20(17,18)11-6-10(15)8(13)5-9(11)14/h5-6,16H,4,7,15H2,1-3H3. The second-order valence-electron chi connectivity index (χ2n) is 4.82. The van der Waals surface area contributed by atoms with Gasteiger partial charge in [-0.05, 0) is 48.8 Å². The van der Waals surface area contributed by atoms with Crippen molar-refractivity contribution in [3.63, 3.8) is 0 Å². The number of rotatable bonds is 6. The average Bonchev–Trinajstić information content (AvgIpc) is 2.31. The number of ether oxygens (including phenoxy) is 1. The summed E-state index contributed by atoms with van der Waals surface area (Å²) in [7, 11) is -3.99. The maximum Gasteiger partial charge on any atom is 0.243 e. The number of halogens is 2. The third kappa shape index (κ3) is 4.41. The SMILES string of the molecule is CCOC(C)(C)CNS(=O)(=O)c1cc(N)c(Br)cc1F. The van der Waals surface area contributed by atoms with Crippen LogP contribution in [0, 0.1) is 5.82 Å². The lowest BCUT2D eigenvalue weighted by Crippen LogP contribution is -2.40. The molecule has 0 radical (unpaired) electrons. The van der Waals surface area contributed by atoms with Crippen LogP contribution in [0.15, 0.2) is 21.5 Å². The van der Waals surface area contributed by atoms with Crippen molar-refractivity contribution >= 4 is 31.6 Å². The van der Waals surface area contributed by atoms with Crippen LogP contribution in [0.4, 0.5) is 10.1 Å². The summed E-state index contributed by atoms with van der Waals surface area (Å²) in [5.41, 5.74) is 5.05. The first kappa shape index (κ1) is 17.4. The summed E-state index contributed by atoms with van der Waals surface area (Å²) in [6, 6.07) is 2.10. The van der Waals surface area contributed by atoms with Crippen molar-refractivity contribution in [2.75, 3.05) is 18.9 Å². The lowest BCUT2D eigenvalue weighted by molar-refractivity contribution is -0.00515. The maximum absolute atomic E-state index is 13.8. The summed E-state index contributed by atoms with van der Waals surface area (Å²) in [6.07, 6.45) is 0. The van der Waals surface area contributed by atoms with E-state index >= 15 is 0 Å². The normalized spacial score (nSPS) is 12.7. The van der Waals surface area contributed by atoms with Crippen LogP contribution in [0.1, 0.15) is 20.8 Å². The van der Waals surface area contributed by atoms with Gasteiger partial charge in [-0.3, -0.25) is 0 Å². The molecule has 0 bridgehead atoms. The Morgan fingerprint density at radius 3 is 2.60 bits per heavy atom. The van der Waals surface area contributed by atoms with E-state index in [1.807, 2.05) is 6.92 Å². The van der Waals surface area contributed by atoms with Crippen LogP contribution >= 0.6 is 15.9 Å². The molecule has 0 saturated heterocycles. The van der Waals surface area contributed by atoms with E-state index in [0.717, 1.165) is 12.1 Å². The van der Waals surface area contributed by atoms with Gasteiger partial charge in [0.1, 0.15) is 10.7 Å². The second-order valence-corrected chi connectivity index (χ2v) is 7.41. The molecule has 114 valence electrons. The summed E-state index contributed by atoms with van der Waals surface area (Å²) in [5.74, 6) is -0.868. The lowest BCUT2D eigenvalue weighted by Gasteiger charge is -2.24. The molecule has 0 heterocycles. The summed E-state index contributed by atoms with van der Waals surface area (Å²) >= 11 is 3.04. The van der Waals surface area contributed by atoms with Crippen molar-refractivity contribution in [1.82, 2.24) is 4.72 Å². The Kier molecular flexibility index (Phi) is 5.54. The largest absolute Gasteiger partial charge is 0.398 e. The highest BCUT2D eigenvalue weighted by molar-refractivity contribution is 9.10. The number of hydrogen-bond acceptors (Lipinski definition) is 4. The van der Waals surface area contributed by atoms with Gasteiger partial charge in [-0.25, -0.2) is 17.5 Å². The first-order chi connectivity index (χ1) is 9.09. The van der Waals surface area contributed by atoms with Crippen molar-refractivity contribution in [2.24, 2.45) is 0 Å². The Morgan fingerprint density at radius 1 is 1.45 bits per heavy atom. The highest BCUT2D eigenvalue weighted by atomic mass is 79.9. The molecule has 0 aliphatic heterocycles. The van der Waals surface area contributed by atoms with E-state index in [-0.39, 0.29) is 12.2 Å². The predicted octanol–water partition coefficient (Wildman–Crippen LogP) is 2.26. The minimum Gasteiger partial charge on any atom is -0.398 e. The van der Waals surface area contributed by atoms with Gasteiger partial charge in [0.2, 0.25) is 10.0 Å². The minimum absolute atomic E-state index is 0.0264. The Labute approximate surface area is 126 Å². The molecule has 20 heavy (non-hydrogen) atoms. The minimum atomic E-state index is -3.99. The van der Waals surface area contributed by atoms with Crippen LogP contribution in [0.2, 0.25) is 0 Å². The van der Waals surface area contributed by atoms with Gasteiger partial charge in [-0.15, -0.1) is 0 Å². The number of benzene rings is 1. The fourth-order valence-corrected chi connectivity index (χ4v) is 3.15. The molecule has 0 saturated carbocycles. The van der Waals surface area contributed by atoms with Crippen LogP contribution in [-0.4, -0.2) is 27.2 Å². The Bertz CT molecular complexity index is 591. The number of hydrogen-bond donors (Lipinski definition) is 2. The molecule has 0 aromatic heterocycles. The number of nitrogens with two attached hydrogens (primary N) is 1. The van der Waals surface area contributed by atoms with E-state index in [4.69, 9.17) is 10.5 Å². The van der Waals surface area contributed by atoms with Gasteiger partial charge in [0.15, 0.2) is 0 Å². The Morgan fingerprint density at radius 2 is 2.05 bits per heavy atom. The molecule has 3 N–H and O–H groups in total. The summed E-state index contributed by atoms with van der Waals surface area (Å²) in [6.45, 7) is 5.77. The summed E-state index contributed by atoms with van der Waals surface area (Å²) in [4.78, 5) is -0.481. The zero-order chi connectivity index (χ0) is 15.6. The molecule has 1 aromatic rings. The van der Waals surface area contributed by atoms with Crippen molar-refractivity contribution in [3.05, 3.63) is 22.4 Å². The number of sulfonamides is 1. The van der Waals surface area contributed by atoms with Gasteiger partial charge >= 0.3 is 0 Å². The van der Waals surface area contributed by atoms with E-state index in [0.29, 0.717) is 11.1 Å². The molecule has 8 heteroatoms. The van der Waals surface area contributed by atoms with Gasteiger partial charge in [-0.2, -0.15) is 0 Å². The summed E-state index contributed by atoms with van der Waals surface area (Å²) < 4.78 is 46.0. The second kappa shape index (κ2) is 6.38. The fraction of sp³-hybridized carbons (Fsp3) is 0.500. The maximum atomic E-state index is 13.8. The van der Waals surface area contributed by atoms with Crippen molar-refractivity contribution < 1.29 is 17.5 Å². The quantitative estimate of drug-likeness (QED) is 0.754. The third-order valence-electron chi connectivity index (χ3n) is 2.56. The first-order valence-corrected chi connectivity index (χ1v) is 8.25. The number of nitrogen functional groups attached to an aromatic ring is 1. The molecule has 5 nitrogen and oxygen atoms in total. The molecule has 0 aliphatic carbocycles. The Hall–Kier alpha value is -0.700. The van der Waals surface area contributed by atoms with E-state index < -0.39 is 26.3 Å². The number of anilines is 1. The highest BCUT2D eigenvalue weighted by Gasteiger charge is 2.25. The summed E-state index contributed by atoms with van der Waals surface area (Å²) in [5, 5.41) is 0. The van der Waals surface area contributed by atoms with E-state index in [1.54, 1.807) is 13.8 Å². The van der Waals surface area contributed by atoms with Crippen LogP contribution in [0.25, 0.3) is 0 Å².